The van der Waals surface area contributed by atoms with Crippen LogP contribution in [0.1, 0.15) is 36.0 Å². The first-order valence-electron chi connectivity index (χ1n) is 7.06. The second-order valence-electron chi connectivity index (χ2n) is 5.99. The molecule has 4 nitrogen and oxygen atoms in total. The van der Waals surface area contributed by atoms with Crippen LogP contribution < -0.4 is 0 Å². The maximum absolute atomic E-state index is 6.04. The molecule has 1 aliphatic heterocycles. The van der Waals surface area contributed by atoms with Gasteiger partial charge in [0.2, 0.25) is 0 Å². The Hall–Kier alpha value is -0.490. The smallest absolute Gasteiger partial charge is 0.0996 e. The van der Waals surface area contributed by atoms with E-state index in [2.05, 4.69) is 35.8 Å². The van der Waals surface area contributed by atoms with Crippen molar-refractivity contribution in [3.05, 3.63) is 16.1 Å². The summed E-state index contributed by atoms with van der Waals surface area (Å²) in [4.78, 5) is 10.7. The monoisotopic (exact) mass is 281 g/mol. The first-order valence-corrected chi connectivity index (χ1v) is 7.94. The van der Waals surface area contributed by atoms with E-state index in [1.54, 1.807) is 11.3 Å². The van der Waals surface area contributed by atoms with E-state index in [9.17, 15) is 0 Å². The summed E-state index contributed by atoms with van der Waals surface area (Å²) < 4.78 is 6.04. The van der Waals surface area contributed by atoms with Crippen molar-refractivity contribution in [2.24, 2.45) is 0 Å². The Kier molecular flexibility index (Phi) is 3.64. The molecule has 1 aromatic heterocycles. The molecule has 1 saturated carbocycles. The molecule has 1 aromatic rings. The lowest BCUT2D eigenvalue weighted by atomic mass is 9.78. The largest absolute Gasteiger partial charge is 0.372 e. The minimum Gasteiger partial charge on any atom is -0.372 e. The first-order chi connectivity index (χ1) is 9.11. The van der Waals surface area contributed by atoms with Crippen LogP contribution in [-0.2, 0) is 4.74 Å². The van der Waals surface area contributed by atoms with Gasteiger partial charge in [-0.15, -0.1) is 11.3 Å². The zero-order chi connectivity index (χ0) is 13.5. The average Bonchev–Trinajstić information content (AvgIpc) is 2.74. The van der Waals surface area contributed by atoms with E-state index in [1.165, 1.54) is 24.1 Å². The number of nitrogens with zero attached hydrogens (tertiary/aromatic N) is 3. The zero-order valence-corrected chi connectivity index (χ0v) is 12.9. The Morgan fingerprint density at radius 2 is 2.26 bits per heavy atom. The minimum atomic E-state index is 0.158. The van der Waals surface area contributed by atoms with Crippen LogP contribution in [0.3, 0.4) is 0 Å². The lowest BCUT2D eigenvalue weighted by Gasteiger charge is -2.51. The Morgan fingerprint density at radius 3 is 2.79 bits per heavy atom. The lowest BCUT2D eigenvalue weighted by molar-refractivity contribution is -0.168. The highest BCUT2D eigenvalue weighted by atomic mass is 32.1. The summed E-state index contributed by atoms with van der Waals surface area (Å²) >= 11 is 1.77. The molecule has 0 amide bonds. The number of hydrogen-bond donors (Lipinski definition) is 0. The van der Waals surface area contributed by atoms with Crippen molar-refractivity contribution < 1.29 is 4.74 Å². The van der Waals surface area contributed by atoms with Crippen molar-refractivity contribution >= 4 is 11.3 Å². The fraction of sp³-hybridized carbons (Fsp3) is 0.786. The third kappa shape index (κ3) is 2.44. The van der Waals surface area contributed by atoms with Crippen LogP contribution in [0.2, 0.25) is 0 Å². The Bertz CT molecular complexity index is 442. The van der Waals surface area contributed by atoms with E-state index in [4.69, 9.17) is 4.74 Å². The molecule has 1 aliphatic carbocycles. The first kappa shape index (κ1) is 13.5. The summed E-state index contributed by atoms with van der Waals surface area (Å²) in [6, 6.07) is 0. The van der Waals surface area contributed by atoms with Crippen LogP contribution >= 0.6 is 11.3 Å². The molecular weight excluding hydrogens is 258 g/mol. The number of aromatic nitrogens is 1. The number of morpholine rings is 1. The van der Waals surface area contributed by atoms with Gasteiger partial charge in [-0.1, -0.05) is 0 Å². The third-order valence-corrected chi connectivity index (χ3v) is 5.37. The van der Waals surface area contributed by atoms with Crippen molar-refractivity contribution in [2.75, 3.05) is 33.8 Å². The topological polar surface area (TPSA) is 28.6 Å². The van der Waals surface area contributed by atoms with Crippen molar-refractivity contribution in [3.63, 3.8) is 0 Å². The summed E-state index contributed by atoms with van der Waals surface area (Å²) in [6.45, 7) is 5.05. The SMILES string of the molecule is Cc1ncsc1C(N(C)C)N1CCOC2(CCC2)C1. The summed E-state index contributed by atoms with van der Waals surface area (Å²) in [5.74, 6) is 0. The van der Waals surface area contributed by atoms with Gasteiger partial charge in [0.1, 0.15) is 0 Å². The summed E-state index contributed by atoms with van der Waals surface area (Å²) in [5, 5.41) is 0. The van der Waals surface area contributed by atoms with E-state index < -0.39 is 0 Å². The van der Waals surface area contributed by atoms with Crippen LogP contribution in [0.4, 0.5) is 0 Å². The van der Waals surface area contributed by atoms with Gasteiger partial charge in [0.15, 0.2) is 0 Å². The molecular formula is C14H23N3OS. The predicted octanol–water partition coefficient (Wildman–Crippen LogP) is 2.27. The van der Waals surface area contributed by atoms with E-state index >= 15 is 0 Å². The Morgan fingerprint density at radius 1 is 1.47 bits per heavy atom. The van der Waals surface area contributed by atoms with E-state index in [1.807, 2.05) is 5.51 Å². The summed E-state index contributed by atoms with van der Waals surface area (Å²) in [5.41, 5.74) is 3.28. The van der Waals surface area contributed by atoms with Gasteiger partial charge in [-0.25, -0.2) is 4.98 Å². The van der Waals surface area contributed by atoms with Gasteiger partial charge in [0.05, 0.1) is 34.5 Å². The fourth-order valence-corrected chi connectivity index (χ4v) is 4.27. The van der Waals surface area contributed by atoms with Crippen molar-refractivity contribution in [1.82, 2.24) is 14.8 Å². The summed E-state index contributed by atoms with van der Waals surface area (Å²) in [7, 11) is 4.32. The third-order valence-electron chi connectivity index (χ3n) is 4.39. The van der Waals surface area contributed by atoms with Crippen LogP contribution in [-0.4, -0.2) is 54.2 Å². The molecule has 1 saturated heterocycles. The number of aryl methyl sites for hydroxylation is 1. The maximum atomic E-state index is 6.04. The molecule has 0 N–H and O–H groups in total. The molecule has 1 spiro atoms. The molecule has 0 radical (unpaired) electrons. The molecule has 1 atom stereocenters. The van der Waals surface area contributed by atoms with E-state index in [0.717, 1.165) is 25.4 Å². The summed E-state index contributed by atoms with van der Waals surface area (Å²) in [6.07, 6.45) is 4.12. The van der Waals surface area contributed by atoms with E-state index in [0.29, 0.717) is 6.17 Å². The number of ether oxygens (including phenoxy) is 1. The molecule has 0 bridgehead atoms. The average molecular weight is 281 g/mol. The van der Waals surface area contributed by atoms with Gasteiger partial charge >= 0.3 is 0 Å². The van der Waals surface area contributed by atoms with Gasteiger partial charge in [-0.05, 0) is 40.3 Å². The van der Waals surface area contributed by atoms with Gasteiger partial charge in [-0.3, -0.25) is 9.80 Å². The predicted molar refractivity (Wildman–Crippen MR) is 77.4 cm³/mol. The van der Waals surface area contributed by atoms with Crippen LogP contribution in [0.15, 0.2) is 5.51 Å². The van der Waals surface area contributed by atoms with Crippen molar-refractivity contribution in [2.45, 2.75) is 38.0 Å². The van der Waals surface area contributed by atoms with Gasteiger partial charge in [0, 0.05) is 13.1 Å². The highest BCUT2D eigenvalue weighted by molar-refractivity contribution is 7.09. The molecule has 1 unspecified atom stereocenters. The normalized spacial score (nSPS) is 24.6. The molecule has 106 valence electrons. The highest BCUT2D eigenvalue weighted by Gasteiger charge is 2.44. The van der Waals surface area contributed by atoms with E-state index in [-0.39, 0.29) is 5.60 Å². The minimum absolute atomic E-state index is 0.158. The lowest BCUT2D eigenvalue weighted by Crippen LogP contribution is -2.57. The fourth-order valence-electron chi connectivity index (χ4n) is 3.24. The highest BCUT2D eigenvalue weighted by Crippen LogP contribution is 2.41. The molecule has 3 rings (SSSR count). The molecule has 19 heavy (non-hydrogen) atoms. The standard InChI is InChI=1S/C14H23N3OS/c1-11-12(19-10-15-11)13(16(2)3)17-7-8-18-14(9-17)5-4-6-14/h10,13H,4-9H2,1-3H3. The van der Waals surface area contributed by atoms with Crippen LogP contribution in [0.5, 0.6) is 0 Å². The van der Waals surface area contributed by atoms with Gasteiger partial charge < -0.3 is 4.74 Å². The number of hydrogen-bond acceptors (Lipinski definition) is 5. The van der Waals surface area contributed by atoms with Crippen molar-refractivity contribution in [1.29, 1.82) is 0 Å². The number of rotatable bonds is 3. The van der Waals surface area contributed by atoms with Crippen LogP contribution in [0.25, 0.3) is 0 Å². The molecule has 2 aliphatic rings. The molecule has 2 fully saturated rings. The zero-order valence-electron chi connectivity index (χ0n) is 12.1. The van der Waals surface area contributed by atoms with Gasteiger partial charge in [-0.2, -0.15) is 0 Å². The number of thiazole rings is 1. The molecule has 5 heteroatoms. The quantitative estimate of drug-likeness (QED) is 0.850. The second-order valence-corrected chi connectivity index (χ2v) is 6.88. The van der Waals surface area contributed by atoms with Crippen molar-refractivity contribution in [3.8, 4) is 0 Å². The molecule has 2 heterocycles. The van der Waals surface area contributed by atoms with Gasteiger partial charge in [0.25, 0.3) is 0 Å². The molecule has 0 aromatic carbocycles. The Balaban J connectivity index is 1.82. The Labute approximate surface area is 119 Å². The second kappa shape index (κ2) is 5.13. The maximum Gasteiger partial charge on any atom is 0.0996 e. The van der Waals surface area contributed by atoms with Crippen LogP contribution in [0, 0.1) is 6.92 Å².